The van der Waals surface area contributed by atoms with Crippen LogP contribution in [0.4, 0.5) is 0 Å². The average Bonchev–Trinajstić information content (AvgIpc) is 2.96. The summed E-state index contributed by atoms with van der Waals surface area (Å²) in [5.74, 6) is -2.95. The molecule has 1 unspecified atom stereocenters. The fourth-order valence-corrected chi connectivity index (χ4v) is 4.44. The van der Waals surface area contributed by atoms with Crippen molar-refractivity contribution in [3.05, 3.63) is 0 Å². The van der Waals surface area contributed by atoms with Crippen molar-refractivity contribution in [3.8, 4) is 0 Å². The second-order valence-electron chi connectivity index (χ2n) is 5.80. The molecule has 0 aliphatic heterocycles. The summed E-state index contributed by atoms with van der Waals surface area (Å²) < 4.78 is 24.5. The van der Waals surface area contributed by atoms with Gasteiger partial charge in [-0.05, 0) is 19.8 Å². The van der Waals surface area contributed by atoms with E-state index in [1.807, 2.05) is 0 Å². The molecule has 1 aliphatic carbocycles. The lowest BCUT2D eigenvalue weighted by Gasteiger charge is -2.27. The lowest BCUT2D eigenvalue weighted by molar-refractivity contribution is -0.148. The number of amides is 2. The Labute approximate surface area is 136 Å². The van der Waals surface area contributed by atoms with Crippen LogP contribution in [0.5, 0.6) is 0 Å². The first kappa shape index (κ1) is 19.4. The van der Waals surface area contributed by atoms with E-state index in [9.17, 15) is 22.8 Å². The van der Waals surface area contributed by atoms with Crippen LogP contribution >= 0.6 is 0 Å². The number of carboxylic acid groups (broad SMARTS) is 1. The fourth-order valence-electron chi connectivity index (χ4n) is 2.64. The summed E-state index contributed by atoms with van der Waals surface area (Å²) in [5.41, 5.74) is 0. The number of hydrogen-bond acceptors (Lipinski definition) is 5. The molecule has 0 bridgehead atoms. The second-order valence-corrected chi connectivity index (χ2v) is 8.08. The monoisotopic (exact) mass is 348 g/mol. The highest BCUT2D eigenvalue weighted by molar-refractivity contribution is 7.92. The third-order valence-electron chi connectivity index (χ3n) is 4.01. The van der Waals surface area contributed by atoms with Crippen LogP contribution in [0.25, 0.3) is 0 Å². The zero-order valence-corrected chi connectivity index (χ0v) is 14.3. The summed E-state index contributed by atoms with van der Waals surface area (Å²) in [7, 11) is -3.58. The molecule has 1 saturated carbocycles. The number of nitrogens with one attached hydrogen (secondary N) is 1. The van der Waals surface area contributed by atoms with Crippen LogP contribution in [-0.2, 0) is 24.2 Å². The van der Waals surface area contributed by atoms with Crippen LogP contribution in [0.3, 0.4) is 0 Å². The highest BCUT2D eigenvalue weighted by Crippen LogP contribution is 2.25. The summed E-state index contributed by atoms with van der Waals surface area (Å²) in [6, 6.07) is -1.16. The summed E-state index contributed by atoms with van der Waals surface area (Å²) >= 11 is 0. The summed E-state index contributed by atoms with van der Waals surface area (Å²) in [4.78, 5) is 35.3. The molecule has 23 heavy (non-hydrogen) atoms. The Kier molecular flexibility index (Phi) is 6.99. The molecule has 0 aromatic rings. The molecule has 0 aromatic carbocycles. The van der Waals surface area contributed by atoms with E-state index < -0.39 is 38.8 Å². The fraction of sp³-hybridized carbons (Fsp3) is 0.786. The van der Waals surface area contributed by atoms with Gasteiger partial charge < -0.3 is 15.3 Å². The number of rotatable bonds is 8. The number of hydrogen-bond donors (Lipinski definition) is 2. The van der Waals surface area contributed by atoms with E-state index in [0.717, 1.165) is 17.7 Å². The van der Waals surface area contributed by atoms with Crippen molar-refractivity contribution in [1.29, 1.82) is 0 Å². The van der Waals surface area contributed by atoms with Crippen molar-refractivity contribution in [1.82, 2.24) is 10.2 Å². The Bertz CT molecular complexity index is 554. The predicted octanol–water partition coefficient (Wildman–Crippen LogP) is -0.218. The number of carboxylic acids is 1. The number of carbonyl (C=O) groups excluding carboxylic acids is 2. The Morgan fingerprint density at radius 1 is 1.26 bits per heavy atom. The molecule has 0 spiro atoms. The maximum Gasteiger partial charge on any atom is 0.326 e. The molecule has 0 aromatic heterocycles. The van der Waals surface area contributed by atoms with Gasteiger partial charge in [0, 0.05) is 20.0 Å². The first-order chi connectivity index (χ1) is 10.6. The van der Waals surface area contributed by atoms with Gasteiger partial charge in [-0.2, -0.15) is 0 Å². The summed E-state index contributed by atoms with van der Waals surface area (Å²) in [5, 5.41) is 11.0. The lowest BCUT2D eigenvalue weighted by Crippen LogP contribution is -2.49. The maximum absolute atomic E-state index is 12.3. The third kappa shape index (κ3) is 5.81. The van der Waals surface area contributed by atoms with E-state index in [0.29, 0.717) is 12.8 Å². The third-order valence-corrected chi connectivity index (χ3v) is 6.14. The van der Waals surface area contributed by atoms with Gasteiger partial charge in [0.1, 0.15) is 11.8 Å². The van der Waals surface area contributed by atoms with E-state index in [1.54, 1.807) is 0 Å². The van der Waals surface area contributed by atoms with Crippen molar-refractivity contribution in [2.24, 2.45) is 0 Å². The molecule has 8 nitrogen and oxygen atoms in total. The van der Waals surface area contributed by atoms with Gasteiger partial charge in [0.15, 0.2) is 9.84 Å². The standard InChI is InChI=1S/C14H24N2O6S/c1-10(14(19)20)16(8-7-15-11(2)17)13(18)9-23(21,22)12-5-3-4-6-12/h10,12H,3-9H2,1-2H3,(H,15,17)(H,19,20). The normalized spacial score (nSPS) is 16.8. The largest absolute Gasteiger partial charge is 0.480 e. The molecule has 9 heteroatoms. The van der Waals surface area contributed by atoms with Gasteiger partial charge in [0.2, 0.25) is 11.8 Å². The second kappa shape index (κ2) is 8.28. The first-order valence-electron chi connectivity index (χ1n) is 7.63. The molecule has 2 amide bonds. The minimum absolute atomic E-state index is 0.0495. The van der Waals surface area contributed by atoms with Crippen LogP contribution in [0.2, 0.25) is 0 Å². The van der Waals surface area contributed by atoms with E-state index in [1.165, 1.54) is 13.8 Å². The highest BCUT2D eigenvalue weighted by atomic mass is 32.2. The first-order valence-corrected chi connectivity index (χ1v) is 9.35. The SMILES string of the molecule is CC(=O)NCCN(C(=O)CS(=O)(=O)C1CCCC1)C(C)C(=O)O. The van der Waals surface area contributed by atoms with Crippen molar-refractivity contribution in [3.63, 3.8) is 0 Å². The average molecular weight is 348 g/mol. The predicted molar refractivity (Wildman–Crippen MR) is 83.5 cm³/mol. The molecule has 1 atom stereocenters. The van der Waals surface area contributed by atoms with Gasteiger partial charge in [-0.3, -0.25) is 9.59 Å². The Morgan fingerprint density at radius 3 is 2.30 bits per heavy atom. The lowest BCUT2D eigenvalue weighted by atomic mass is 10.2. The molecule has 0 radical (unpaired) electrons. The van der Waals surface area contributed by atoms with Crippen LogP contribution < -0.4 is 5.32 Å². The van der Waals surface area contributed by atoms with E-state index in [-0.39, 0.29) is 19.0 Å². The number of aliphatic carboxylic acids is 1. The van der Waals surface area contributed by atoms with Crippen molar-refractivity contribution < 1.29 is 27.9 Å². The molecule has 0 heterocycles. The van der Waals surface area contributed by atoms with Gasteiger partial charge >= 0.3 is 5.97 Å². The van der Waals surface area contributed by atoms with Crippen molar-refractivity contribution in [2.45, 2.75) is 50.8 Å². The highest BCUT2D eigenvalue weighted by Gasteiger charge is 2.34. The molecule has 1 fully saturated rings. The number of carbonyl (C=O) groups is 3. The van der Waals surface area contributed by atoms with Gasteiger partial charge in [0.25, 0.3) is 0 Å². The summed E-state index contributed by atoms with van der Waals surface area (Å²) in [6.45, 7) is 2.64. The quantitative estimate of drug-likeness (QED) is 0.626. The van der Waals surface area contributed by atoms with Crippen molar-refractivity contribution in [2.75, 3.05) is 18.8 Å². The van der Waals surface area contributed by atoms with E-state index >= 15 is 0 Å². The molecule has 0 saturated heterocycles. The minimum atomic E-state index is -3.58. The van der Waals surface area contributed by atoms with Crippen LogP contribution in [0.1, 0.15) is 39.5 Å². The maximum atomic E-state index is 12.3. The Balaban J connectivity index is 2.77. The Morgan fingerprint density at radius 2 is 1.83 bits per heavy atom. The zero-order chi connectivity index (χ0) is 17.6. The van der Waals surface area contributed by atoms with Gasteiger partial charge in [-0.15, -0.1) is 0 Å². The molecular weight excluding hydrogens is 324 g/mol. The number of nitrogens with zero attached hydrogens (tertiary/aromatic N) is 1. The zero-order valence-electron chi connectivity index (χ0n) is 13.4. The summed E-state index contributed by atoms with van der Waals surface area (Å²) in [6.07, 6.45) is 2.76. The molecular formula is C14H24N2O6S. The Hall–Kier alpha value is -1.64. The van der Waals surface area contributed by atoms with Crippen LogP contribution in [-0.4, -0.2) is 66.3 Å². The minimum Gasteiger partial charge on any atom is -0.480 e. The number of sulfone groups is 1. The van der Waals surface area contributed by atoms with E-state index in [4.69, 9.17) is 5.11 Å². The molecule has 132 valence electrons. The van der Waals surface area contributed by atoms with Gasteiger partial charge in [-0.1, -0.05) is 12.8 Å². The van der Waals surface area contributed by atoms with E-state index in [2.05, 4.69) is 5.32 Å². The molecule has 1 rings (SSSR count). The smallest absolute Gasteiger partial charge is 0.326 e. The van der Waals surface area contributed by atoms with Crippen LogP contribution in [0, 0.1) is 0 Å². The van der Waals surface area contributed by atoms with Crippen LogP contribution in [0.15, 0.2) is 0 Å². The molecule has 2 N–H and O–H groups in total. The molecule has 1 aliphatic rings. The van der Waals surface area contributed by atoms with Gasteiger partial charge in [0.05, 0.1) is 5.25 Å². The topological polar surface area (TPSA) is 121 Å². The van der Waals surface area contributed by atoms with Crippen molar-refractivity contribution >= 4 is 27.6 Å². The van der Waals surface area contributed by atoms with Gasteiger partial charge in [-0.25, -0.2) is 13.2 Å².